The lowest BCUT2D eigenvalue weighted by molar-refractivity contribution is -0.183. The molecule has 0 aliphatic heterocycles. The Labute approximate surface area is 181 Å². The van der Waals surface area contributed by atoms with Gasteiger partial charge in [-0.3, -0.25) is 4.79 Å². The number of likely N-dealkylation sites (N-methyl/N-ethyl adjacent to an activating group) is 1. The van der Waals surface area contributed by atoms with Crippen molar-refractivity contribution in [2.75, 3.05) is 20.6 Å². The summed E-state index contributed by atoms with van der Waals surface area (Å²) in [6, 6.07) is 9.23. The van der Waals surface area contributed by atoms with E-state index in [1.165, 1.54) is 4.90 Å². The third kappa shape index (κ3) is 8.24. The molecule has 158 valence electrons. The van der Waals surface area contributed by atoms with Gasteiger partial charge in [-0.2, -0.15) is 13.2 Å². The number of amides is 1. The summed E-state index contributed by atoms with van der Waals surface area (Å²) in [7, 11) is 3.29. The molecule has 0 spiro atoms. The first-order chi connectivity index (χ1) is 12.8. The molecule has 1 aromatic carbocycles. The molecule has 0 radical (unpaired) electrons. The van der Waals surface area contributed by atoms with Crippen molar-refractivity contribution in [2.45, 2.75) is 44.4 Å². The molecule has 2 rings (SSSR count). The molecular weight excluding hydrogens is 484 g/mol. The Morgan fingerprint density at radius 2 is 1.89 bits per heavy atom. The van der Waals surface area contributed by atoms with Gasteiger partial charge in [-0.15, -0.1) is 24.0 Å². The SMILES string of the molecule is CN(C)C(=O)CNC(=NCc1ccccc1)NC1CCCC(C(F)(F)F)C1.I. The maximum Gasteiger partial charge on any atom is 0.391 e. The van der Waals surface area contributed by atoms with Crippen LogP contribution in [0, 0.1) is 5.92 Å². The van der Waals surface area contributed by atoms with Crippen LogP contribution in [0.4, 0.5) is 13.2 Å². The third-order valence-corrected chi connectivity index (χ3v) is 4.65. The molecule has 28 heavy (non-hydrogen) atoms. The molecule has 0 aromatic heterocycles. The maximum atomic E-state index is 13.0. The fraction of sp³-hybridized carbons (Fsp3) is 0.579. The van der Waals surface area contributed by atoms with Gasteiger partial charge in [0, 0.05) is 20.1 Å². The summed E-state index contributed by atoms with van der Waals surface area (Å²) in [6.45, 7) is 0.408. The topological polar surface area (TPSA) is 56.7 Å². The van der Waals surface area contributed by atoms with Crippen LogP contribution in [0.2, 0.25) is 0 Å². The maximum absolute atomic E-state index is 13.0. The standard InChI is InChI=1S/C19H27F3N4O.HI/c1-26(2)17(27)13-24-18(23-12-14-7-4-3-5-8-14)25-16-10-6-9-15(11-16)19(20,21)22;/h3-5,7-8,15-16H,6,9-13H2,1-2H3,(H2,23,24,25);1H. The van der Waals surface area contributed by atoms with Crippen LogP contribution >= 0.6 is 24.0 Å². The van der Waals surface area contributed by atoms with Gasteiger partial charge in [0.1, 0.15) is 0 Å². The molecule has 2 N–H and O–H groups in total. The molecule has 2 atom stereocenters. The van der Waals surface area contributed by atoms with Crippen molar-refractivity contribution in [3.05, 3.63) is 35.9 Å². The first kappa shape index (κ1) is 24.5. The highest BCUT2D eigenvalue weighted by molar-refractivity contribution is 14.0. The number of carbonyl (C=O) groups excluding carboxylic acids is 1. The molecule has 1 fully saturated rings. The van der Waals surface area contributed by atoms with Crippen LogP contribution in [0.25, 0.3) is 0 Å². The Balaban J connectivity index is 0.00000392. The summed E-state index contributed by atoms with van der Waals surface area (Å²) < 4.78 is 39.1. The summed E-state index contributed by atoms with van der Waals surface area (Å²) in [5.41, 5.74) is 0.981. The van der Waals surface area contributed by atoms with Crippen LogP contribution in [0.15, 0.2) is 35.3 Å². The fourth-order valence-corrected chi connectivity index (χ4v) is 3.04. The van der Waals surface area contributed by atoms with Gasteiger partial charge >= 0.3 is 6.18 Å². The van der Waals surface area contributed by atoms with Gasteiger partial charge in [-0.25, -0.2) is 4.99 Å². The van der Waals surface area contributed by atoms with Crippen molar-refractivity contribution in [2.24, 2.45) is 10.9 Å². The normalized spacial score (nSPS) is 20.1. The highest BCUT2D eigenvalue weighted by Gasteiger charge is 2.42. The van der Waals surface area contributed by atoms with Gasteiger partial charge in [0.15, 0.2) is 5.96 Å². The number of nitrogens with zero attached hydrogens (tertiary/aromatic N) is 2. The number of hydrogen-bond acceptors (Lipinski definition) is 2. The molecule has 1 saturated carbocycles. The van der Waals surface area contributed by atoms with E-state index in [-0.39, 0.29) is 55.3 Å². The predicted octanol–water partition coefficient (Wildman–Crippen LogP) is 3.55. The first-order valence-electron chi connectivity index (χ1n) is 9.11. The van der Waals surface area contributed by atoms with Gasteiger partial charge < -0.3 is 15.5 Å². The smallest absolute Gasteiger partial charge is 0.354 e. The molecule has 1 aliphatic rings. The van der Waals surface area contributed by atoms with E-state index in [1.54, 1.807) is 14.1 Å². The fourth-order valence-electron chi connectivity index (χ4n) is 3.04. The third-order valence-electron chi connectivity index (χ3n) is 4.65. The number of aliphatic imine (C=N–C) groups is 1. The predicted molar refractivity (Wildman–Crippen MR) is 115 cm³/mol. The lowest BCUT2D eigenvalue weighted by atomic mass is 9.85. The Kier molecular flexibility index (Phi) is 10.0. The zero-order chi connectivity index (χ0) is 19.9. The second kappa shape index (κ2) is 11.5. The van der Waals surface area contributed by atoms with Crippen LogP contribution in [0.1, 0.15) is 31.2 Å². The summed E-state index contributed by atoms with van der Waals surface area (Å²) in [5, 5.41) is 6.03. The number of benzene rings is 1. The first-order valence-corrected chi connectivity index (χ1v) is 9.11. The van der Waals surface area contributed by atoms with E-state index >= 15 is 0 Å². The molecule has 2 unspecified atom stereocenters. The van der Waals surface area contributed by atoms with Crippen LogP contribution in [-0.2, 0) is 11.3 Å². The summed E-state index contributed by atoms with van der Waals surface area (Å²) in [6.07, 6.45) is -2.80. The molecule has 0 bridgehead atoms. The van der Waals surface area contributed by atoms with Crippen LogP contribution in [0.3, 0.4) is 0 Å². The highest BCUT2D eigenvalue weighted by atomic mass is 127. The van der Waals surface area contributed by atoms with Gasteiger partial charge in [0.25, 0.3) is 0 Å². The lowest BCUT2D eigenvalue weighted by Crippen LogP contribution is -2.49. The zero-order valence-corrected chi connectivity index (χ0v) is 18.5. The largest absolute Gasteiger partial charge is 0.391 e. The molecule has 9 heteroatoms. The van der Waals surface area contributed by atoms with Crippen molar-refractivity contribution >= 4 is 35.8 Å². The Morgan fingerprint density at radius 3 is 2.50 bits per heavy atom. The highest BCUT2D eigenvalue weighted by Crippen LogP contribution is 2.37. The molecule has 1 amide bonds. The van der Waals surface area contributed by atoms with Crippen LogP contribution in [0.5, 0.6) is 0 Å². The summed E-state index contributed by atoms with van der Waals surface area (Å²) in [4.78, 5) is 17.7. The van der Waals surface area contributed by atoms with Crippen LogP contribution < -0.4 is 10.6 Å². The minimum absolute atomic E-state index is 0. The quantitative estimate of drug-likeness (QED) is 0.361. The molecule has 0 saturated heterocycles. The molecule has 1 aliphatic carbocycles. The van der Waals surface area contributed by atoms with Gasteiger partial charge in [0.2, 0.25) is 5.91 Å². The van der Waals surface area contributed by atoms with E-state index in [0.717, 1.165) is 5.56 Å². The number of carbonyl (C=O) groups is 1. The number of guanidine groups is 1. The van der Waals surface area contributed by atoms with Gasteiger partial charge in [0.05, 0.1) is 19.0 Å². The Hall–Kier alpha value is -1.52. The van der Waals surface area contributed by atoms with Crippen molar-refractivity contribution in [3.8, 4) is 0 Å². The number of hydrogen-bond donors (Lipinski definition) is 2. The molecular formula is C19H28F3IN4O. The van der Waals surface area contributed by atoms with Crippen molar-refractivity contribution in [3.63, 3.8) is 0 Å². The second-order valence-corrected chi connectivity index (χ2v) is 7.04. The van der Waals surface area contributed by atoms with E-state index < -0.39 is 12.1 Å². The molecule has 0 heterocycles. The molecule has 1 aromatic rings. The monoisotopic (exact) mass is 512 g/mol. The van der Waals surface area contributed by atoms with Crippen molar-refractivity contribution in [1.82, 2.24) is 15.5 Å². The van der Waals surface area contributed by atoms with E-state index in [0.29, 0.717) is 25.3 Å². The van der Waals surface area contributed by atoms with E-state index in [4.69, 9.17) is 0 Å². The molecule has 5 nitrogen and oxygen atoms in total. The van der Waals surface area contributed by atoms with Crippen LogP contribution in [-0.4, -0.2) is 49.6 Å². The Bertz CT molecular complexity index is 638. The van der Waals surface area contributed by atoms with E-state index in [9.17, 15) is 18.0 Å². The minimum Gasteiger partial charge on any atom is -0.354 e. The second-order valence-electron chi connectivity index (χ2n) is 7.04. The Morgan fingerprint density at radius 1 is 1.21 bits per heavy atom. The average molecular weight is 512 g/mol. The van der Waals surface area contributed by atoms with E-state index in [1.807, 2.05) is 30.3 Å². The van der Waals surface area contributed by atoms with E-state index in [2.05, 4.69) is 15.6 Å². The summed E-state index contributed by atoms with van der Waals surface area (Å²) >= 11 is 0. The van der Waals surface area contributed by atoms with Crippen molar-refractivity contribution < 1.29 is 18.0 Å². The van der Waals surface area contributed by atoms with Gasteiger partial charge in [-0.05, 0) is 24.8 Å². The average Bonchev–Trinajstić information content (AvgIpc) is 2.64. The van der Waals surface area contributed by atoms with Crippen molar-refractivity contribution in [1.29, 1.82) is 0 Å². The summed E-state index contributed by atoms with van der Waals surface area (Å²) in [5.74, 6) is -1.06. The van der Waals surface area contributed by atoms with Gasteiger partial charge in [-0.1, -0.05) is 36.8 Å². The number of nitrogens with one attached hydrogen (secondary N) is 2. The number of alkyl halides is 3. The number of rotatable bonds is 5. The zero-order valence-electron chi connectivity index (χ0n) is 16.1. The minimum atomic E-state index is -4.17. The lowest BCUT2D eigenvalue weighted by Gasteiger charge is -2.32. The number of halogens is 4.